The first-order chi connectivity index (χ1) is 16.8. The van der Waals surface area contributed by atoms with E-state index in [0.717, 1.165) is 25.0 Å². The molecular formula is C25H35F2N4O4+. The maximum atomic E-state index is 14.8. The van der Waals surface area contributed by atoms with Crippen LogP contribution in [0.1, 0.15) is 57.9 Å². The van der Waals surface area contributed by atoms with Crippen LogP contribution in [0.3, 0.4) is 0 Å². The molecule has 1 aromatic rings. The summed E-state index contributed by atoms with van der Waals surface area (Å²) >= 11 is 0. The molecule has 3 aliphatic heterocycles. The Balaban J connectivity index is 1.25. The summed E-state index contributed by atoms with van der Waals surface area (Å²) in [5, 5.41) is 3.07. The zero-order chi connectivity index (χ0) is 24.9. The fourth-order valence-electron chi connectivity index (χ4n) is 4.74. The molecule has 0 saturated carbocycles. The van der Waals surface area contributed by atoms with Crippen molar-refractivity contribution in [3.8, 4) is 0 Å². The minimum absolute atomic E-state index is 0.00482. The number of hydrogen-bond donors (Lipinski definition) is 1. The molecule has 0 aliphatic carbocycles. The van der Waals surface area contributed by atoms with Crippen LogP contribution < -0.4 is 10.1 Å². The largest absolute Gasteiger partial charge is 0.447 e. The van der Waals surface area contributed by atoms with E-state index in [2.05, 4.69) is 5.16 Å². The third-order valence-corrected chi connectivity index (χ3v) is 6.76. The van der Waals surface area contributed by atoms with Gasteiger partial charge >= 0.3 is 6.09 Å². The van der Waals surface area contributed by atoms with Crippen LogP contribution in [0, 0.1) is 11.6 Å². The molecule has 0 bridgehead atoms. The second-order valence-corrected chi connectivity index (χ2v) is 9.74. The fraction of sp³-hybridized carbons (Fsp3) is 0.640. The molecule has 192 valence electrons. The van der Waals surface area contributed by atoms with Crippen molar-refractivity contribution >= 4 is 23.4 Å². The minimum Gasteiger partial charge on any atom is -0.447 e. The molecular weight excluding hydrogens is 458 g/mol. The summed E-state index contributed by atoms with van der Waals surface area (Å²) in [5.74, 6) is -0.966. The lowest BCUT2D eigenvalue weighted by atomic mass is 10.1. The van der Waals surface area contributed by atoms with Gasteiger partial charge in [0.2, 0.25) is 11.6 Å². The molecule has 4 rings (SSSR count). The van der Waals surface area contributed by atoms with Gasteiger partial charge in [-0.15, -0.1) is 0 Å². The van der Waals surface area contributed by atoms with Crippen molar-refractivity contribution in [1.29, 1.82) is 0 Å². The number of ether oxygens (including phenoxy) is 1. The summed E-state index contributed by atoms with van der Waals surface area (Å²) in [4.78, 5) is 34.8. The van der Waals surface area contributed by atoms with E-state index in [9.17, 15) is 18.4 Å². The predicted octanol–water partition coefficient (Wildman–Crippen LogP) is 2.15. The number of halogens is 2. The Hall–Kier alpha value is -2.91. The van der Waals surface area contributed by atoms with Gasteiger partial charge in [0, 0.05) is 83.0 Å². The molecule has 2 amide bonds. The molecule has 3 saturated heterocycles. The highest BCUT2D eigenvalue weighted by molar-refractivity contribution is 5.81. The Morgan fingerprint density at radius 2 is 1.77 bits per heavy atom. The fourth-order valence-corrected chi connectivity index (χ4v) is 4.74. The molecule has 0 aromatic heterocycles. The summed E-state index contributed by atoms with van der Waals surface area (Å²) in [6.07, 6.45) is 3.58. The minimum atomic E-state index is -0.485. The Morgan fingerprint density at radius 3 is 2.40 bits per heavy atom. The van der Waals surface area contributed by atoms with Crippen LogP contribution in [0.2, 0.25) is 0 Å². The molecule has 0 unspecified atom stereocenters. The molecule has 0 spiro atoms. The number of benzene rings is 1. The molecule has 1 aromatic carbocycles. The van der Waals surface area contributed by atoms with E-state index >= 15 is 0 Å². The highest BCUT2D eigenvalue weighted by atomic mass is 19.1. The van der Waals surface area contributed by atoms with Gasteiger partial charge in [0.25, 0.3) is 0 Å². The van der Waals surface area contributed by atoms with Crippen molar-refractivity contribution < 1.29 is 33.1 Å². The van der Waals surface area contributed by atoms with Crippen LogP contribution in [0.4, 0.5) is 19.3 Å². The normalized spacial score (nSPS) is 19.5. The van der Waals surface area contributed by atoms with Crippen molar-refractivity contribution in [3.63, 3.8) is 0 Å². The lowest BCUT2D eigenvalue weighted by molar-refractivity contribution is -0.766. The average molecular weight is 494 g/mol. The maximum absolute atomic E-state index is 14.8. The third kappa shape index (κ3) is 6.41. The van der Waals surface area contributed by atoms with Gasteiger partial charge in [0.1, 0.15) is 11.6 Å². The second kappa shape index (κ2) is 11.2. The summed E-state index contributed by atoms with van der Waals surface area (Å²) < 4.78 is 34.8. The topological polar surface area (TPSA) is 76.3 Å². The number of rotatable bonds is 6. The molecule has 0 radical (unpaired) electrons. The van der Waals surface area contributed by atoms with Gasteiger partial charge in [-0.2, -0.15) is 0 Å². The van der Waals surface area contributed by atoms with Crippen molar-refractivity contribution in [1.82, 2.24) is 9.80 Å². The first-order valence-electron chi connectivity index (χ1n) is 12.5. The monoisotopic (exact) mass is 493 g/mol. The van der Waals surface area contributed by atoms with Crippen LogP contribution in [0.5, 0.6) is 0 Å². The van der Waals surface area contributed by atoms with Gasteiger partial charge in [0.05, 0.1) is 11.8 Å². The smallest absolute Gasteiger partial charge is 0.410 e. The Labute approximate surface area is 204 Å². The number of piperidine rings is 2. The number of carbonyl (C=O) groups excluding carboxylic acids is 2. The van der Waals surface area contributed by atoms with E-state index in [4.69, 9.17) is 9.57 Å². The maximum Gasteiger partial charge on any atom is 0.410 e. The summed E-state index contributed by atoms with van der Waals surface area (Å²) in [7, 11) is 0. The van der Waals surface area contributed by atoms with E-state index in [1.807, 2.05) is 18.7 Å². The van der Waals surface area contributed by atoms with Crippen molar-refractivity contribution in [2.24, 2.45) is 0 Å². The highest BCUT2D eigenvalue weighted by Gasteiger charge is 2.29. The molecule has 10 heteroatoms. The first kappa shape index (κ1) is 25.2. The highest BCUT2D eigenvalue weighted by Crippen LogP contribution is 2.27. The number of likely N-dealkylation sites (tertiary alicyclic amines) is 2. The Bertz CT molecular complexity index is 953. The standard InChI is InChI=1S/C25H34F2N4O4/c1-17(2)34-25(33)30-12-7-20(8-13-30)35-28-19-5-10-29(11-6-19)23-15-21(26)18(14-22(23)27)16-31-9-3-4-24(31)32/h14-15,17,20H,3-13,16H2,1-2H3/p+1. The quantitative estimate of drug-likeness (QED) is 0.615. The average Bonchev–Trinajstić information content (AvgIpc) is 3.24. The summed E-state index contributed by atoms with van der Waals surface area (Å²) in [6, 6.07) is 2.47. The lowest BCUT2D eigenvalue weighted by Crippen LogP contribution is -2.75. The number of nitrogens with one attached hydrogen (secondary N) is 1. The van der Waals surface area contributed by atoms with Crippen LogP contribution in [-0.4, -0.2) is 72.4 Å². The van der Waals surface area contributed by atoms with Crippen molar-refractivity contribution in [2.75, 3.05) is 37.6 Å². The van der Waals surface area contributed by atoms with Gasteiger partial charge in [-0.3, -0.25) is 9.63 Å². The van der Waals surface area contributed by atoms with Crippen LogP contribution in [-0.2, 0) is 20.9 Å². The SMILES string of the molecule is CC(C)OC(=O)N1CCC(O[NH+]=C2CCN(c3cc(F)c(CN4CCCC4=O)cc3F)CC2)CC1. The van der Waals surface area contributed by atoms with Gasteiger partial charge in [-0.05, 0) is 31.5 Å². The lowest BCUT2D eigenvalue weighted by Gasteiger charge is -2.30. The molecule has 3 aliphatic rings. The van der Waals surface area contributed by atoms with Gasteiger partial charge in [-0.25, -0.2) is 13.6 Å². The van der Waals surface area contributed by atoms with E-state index in [1.54, 1.807) is 9.80 Å². The van der Waals surface area contributed by atoms with E-state index < -0.39 is 11.6 Å². The molecule has 1 N–H and O–H groups in total. The van der Waals surface area contributed by atoms with E-state index in [-0.39, 0.29) is 42.0 Å². The van der Waals surface area contributed by atoms with Gasteiger partial charge in [-0.1, -0.05) is 0 Å². The second-order valence-electron chi connectivity index (χ2n) is 9.74. The predicted molar refractivity (Wildman–Crippen MR) is 126 cm³/mol. The number of amides is 2. The zero-order valence-electron chi connectivity index (χ0n) is 20.5. The summed E-state index contributed by atoms with van der Waals surface area (Å²) in [5.41, 5.74) is 1.48. The Morgan fingerprint density at radius 1 is 1.06 bits per heavy atom. The molecule has 3 heterocycles. The van der Waals surface area contributed by atoms with Crippen molar-refractivity contribution in [2.45, 2.75) is 71.1 Å². The molecule has 35 heavy (non-hydrogen) atoms. The number of anilines is 1. The summed E-state index contributed by atoms with van der Waals surface area (Å²) in [6.45, 7) is 6.64. The van der Waals surface area contributed by atoms with Crippen molar-refractivity contribution in [3.05, 3.63) is 29.3 Å². The van der Waals surface area contributed by atoms with Gasteiger partial charge < -0.3 is 19.4 Å². The molecule has 8 nitrogen and oxygen atoms in total. The molecule has 3 fully saturated rings. The van der Waals surface area contributed by atoms with Gasteiger partial charge in [0.15, 0.2) is 6.10 Å². The number of nitrogens with zero attached hydrogens (tertiary/aromatic N) is 3. The zero-order valence-corrected chi connectivity index (χ0v) is 20.5. The van der Waals surface area contributed by atoms with Crippen LogP contribution in [0.25, 0.3) is 0 Å². The van der Waals surface area contributed by atoms with Crippen LogP contribution >= 0.6 is 0 Å². The molecule has 0 atom stereocenters. The Kier molecular flexibility index (Phi) is 8.07. The number of hydrogen-bond acceptors (Lipinski definition) is 5. The van der Waals surface area contributed by atoms with Crippen LogP contribution in [0.15, 0.2) is 12.1 Å². The number of carbonyl (C=O) groups is 2. The van der Waals surface area contributed by atoms with E-state index in [0.29, 0.717) is 52.0 Å². The first-order valence-corrected chi connectivity index (χ1v) is 12.5. The third-order valence-electron chi connectivity index (χ3n) is 6.76. The van der Waals surface area contributed by atoms with E-state index in [1.165, 1.54) is 12.1 Å².